The van der Waals surface area contributed by atoms with E-state index in [9.17, 15) is 9.59 Å². The van der Waals surface area contributed by atoms with Crippen LogP contribution < -0.4 is 10.6 Å². The molecule has 3 rings (SSSR count). The second-order valence-corrected chi connectivity index (χ2v) is 7.11. The van der Waals surface area contributed by atoms with Crippen LogP contribution >= 0.6 is 0 Å². The minimum Gasteiger partial charge on any atom is -0.361 e. The van der Waals surface area contributed by atoms with Crippen LogP contribution in [0.1, 0.15) is 53.1 Å². The van der Waals surface area contributed by atoms with Gasteiger partial charge in [-0.15, -0.1) is 0 Å². The van der Waals surface area contributed by atoms with Crippen LogP contribution in [0.5, 0.6) is 0 Å². The highest BCUT2D eigenvalue weighted by Gasteiger charge is 2.28. The number of carbonyl (C=O) groups is 2. The molecule has 138 valence electrons. The third-order valence-corrected chi connectivity index (χ3v) is 4.55. The van der Waals surface area contributed by atoms with Crippen molar-refractivity contribution in [1.29, 1.82) is 0 Å². The number of benzene rings is 1. The van der Waals surface area contributed by atoms with Gasteiger partial charge in [0, 0.05) is 30.6 Å². The Morgan fingerprint density at radius 1 is 1.23 bits per heavy atom. The van der Waals surface area contributed by atoms with Crippen molar-refractivity contribution in [2.45, 2.75) is 39.0 Å². The summed E-state index contributed by atoms with van der Waals surface area (Å²) in [7, 11) is 0. The zero-order valence-electron chi connectivity index (χ0n) is 15.2. The van der Waals surface area contributed by atoms with E-state index in [0.29, 0.717) is 30.3 Å². The maximum Gasteiger partial charge on any atom is 0.251 e. The molecule has 1 fully saturated rings. The van der Waals surface area contributed by atoms with Gasteiger partial charge in [-0.25, -0.2) is 0 Å². The predicted octanol–water partition coefficient (Wildman–Crippen LogP) is 2.59. The van der Waals surface area contributed by atoms with Gasteiger partial charge in [-0.3, -0.25) is 9.59 Å². The monoisotopic (exact) mass is 355 g/mol. The summed E-state index contributed by atoms with van der Waals surface area (Å²) in [6.45, 7) is 4.90. The summed E-state index contributed by atoms with van der Waals surface area (Å²) in [5.74, 6) is 1.34. The van der Waals surface area contributed by atoms with Gasteiger partial charge in [0.2, 0.25) is 5.91 Å². The Morgan fingerprint density at radius 2 is 1.96 bits per heavy atom. The van der Waals surface area contributed by atoms with Crippen LogP contribution in [0.15, 0.2) is 34.9 Å². The van der Waals surface area contributed by atoms with E-state index in [1.807, 2.05) is 44.2 Å². The molecule has 6 nitrogen and oxygen atoms in total. The Labute approximate surface area is 153 Å². The van der Waals surface area contributed by atoms with Crippen LogP contribution in [0.2, 0.25) is 0 Å². The number of aryl methyl sites for hydroxylation is 1. The van der Waals surface area contributed by atoms with Gasteiger partial charge in [0.05, 0.1) is 12.1 Å². The Kier molecular flexibility index (Phi) is 5.71. The molecule has 1 atom stereocenters. The molecule has 6 heteroatoms. The topological polar surface area (TPSA) is 84.2 Å². The van der Waals surface area contributed by atoms with E-state index in [4.69, 9.17) is 4.52 Å². The first-order valence-electron chi connectivity index (χ1n) is 9.09. The second-order valence-electron chi connectivity index (χ2n) is 7.11. The Balaban J connectivity index is 1.37. The summed E-state index contributed by atoms with van der Waals surface area (Å²) >= 11 is 0. The maximum absolute atomic E-state index is 12.2. The molecule has 0 aliphatic heterocycles. The van der Waals surface area contributed by atoms with Crippen molar-refractivity contribution in [2.75, 3.05) is 13.1 Å². The zero-order chi connectivity index (χ0) is 18.5. The number of nitrogens with one attached hydrogen (secondary N) is 2. The van der Waals surface area contributed by atoms with Crippen LogP contribution in [0, 0.1) is 12.8 Å². The molecule has 2 amide bonds. The second kappa shape index (κ2) is 8.17. The lowest BCUT2D eigenvalue weighted by Crippen LogP contribution is -2.36. The zero-order valence-corrected chi connectivity index (χ0v) is 15.2. The van der Waals surface area contributed by atoms with Crippen LogP contribution in [0.25, 0.3) is 0 Å². The van der Waals surface area contributed by atoms with E-state index < -0.39 is 0 Å². The van der Waals surface area contributed by atoms with Crippen molar-refractivity contribution in [2.24, 2.45) is 5.92 Å². The first kappa shape index (κ1) is 18.2. The van der Waals surface area contributed by atoms with Crippen molar-refractivity contribution in [3.63, 3.8) is 0 Å². The lowest BCUT2D eigenvalue weighted by molar-refractivity contribution is -0.120. The summed E-state index contributed by atoms with van der Waals surface area (Å²) < 4.78 is 5.25. The molecular weight excluding hydrogens is 330 g/mol. The van der Waals surface area contributed by atoms with Gasteiger partial charge in [-0.2, -0.15) is 0 Å². The number of nitrogens with zero attached hydrogens (tertiary/aromatic N) is 1. The first-order chi connectivity index (χ1) is 12.5. The molecule has 0 saturated heterocycles. The third kappa shape index (κ3) is 4.94. The summed E-state index contributed by atoms with van der Waals surface area (Å²) in [6.07, 6.45) is 2.51. The first-order valence-corrected chi connectivity index (χ1v) is 9.09. The van der Waals surface area contributed by atoms with E-state index in [0.717, 1.165) is 24.2 Å². The SMILES string of the molecule is Cc1ccccc1C(=O)NCC(C)CNC(=O)Cc1cc(C2CC2)on1. The molecule has 0 spiro atoms. The van der Waals surface area contributed by atoms with Crippen molar-refractivity contribution in [1.82, 2.24) is 15.8 Å². The lowest BCUT2D eigenvalue weighted by atomic mass is 10.1. The Hall–Kier alpha value is -2.63. The van der Waals surface area contributed by atoms with Crippen LogP contribution in [0.3, 0.4) is 0 Å². The fourth-order valence-electron chi connectivity index (χ4n) is 2.75. The molecule has 1 saturated carbocycles. The number of aromatic nitrogens is 1. The molecule has 0 radical (unpaired) electrons. The van der Waals surface area contributed by atoms with Gasteiger partial charge < -0.3 is 15.2 Å². The smallest absolute Gasteiger partial charge is 0.251 e. The number of rotatable bonds is 8. The fraction of sp³-hybridized carbons (Fsp3) is 0.450. The molecule has 26 heavy (non-hydrogen) atoms. The minimum atomic E-state index is -0.0866. The van der Waals surface area contributed by atoms with Crippen molar-refractivity contribution in [3.05, 3.63) is 52.9 Å². The molecule has 2 N–H and O–H groups in total. The highest BCUT2D eigenvalue weighted by molar-refractivity contribution is 5.95. The number of hydrogen-bond donors (Lipinski definition) is 2. The van der Waals surface area contributed by atoms with Gasteiger partial charge in [-0.05, 0) is 37.3 Å². The average Bonchev–Trinajstić information content (AvgIpc) is 3.38. The Bertz CT molecular complexity index is 780. The van der Waals surface area contributed by atoms with E-state index in [1.165, 1.54) is 0 Å². The molecule has 2 aromatic rings. The summed E-state index contributed by atoms with van der Waals surface area (Å²) in [6, 6.07) is 9.36. The molecule has 1 aliphatic carbocycles. The van der Waals surface area contributed by atoms with Crippen LogP contribution in [0.4, 0.5) is 0 Å². The third-order valence-electron chi connectivity index (χ3n) is 4.55. The summed E-state index contributed by atoms with van der Waals surface area (Å²) in [5.41, 5.74) is 2.30. The molecular formula is C20H25N3O3. The van der Waals surface area contributed by atoms with Gasteiger partial charge in [0.25, 0.3) is 5.91 Å². The van der Waals surface area contributed by atoms with Gasteiger partial charge in [-0.1, -0.05) is 30.3 Å². The maximum atomic E-state index is 12.2. The van der Waals surface area contributed by atoms with Gasteiger partial charge >= 0.3 is 0 Å². The van der Waals surface area contributed by atoms with E-state index in [-0.39, 0.29) is 24.2 Å². The standard InChI is InChI=1S/C20H25N3O3/c1-13(12-22-20(25)17-6-4-3-5-14(17)2)11-21-19(24)10-16-9-18(26-23-16)15-7-8-15/h3-6,9,13,15H,7-8,10-12H2,1-2H3,(H,21,24)(H,22,25). The number of carbonyl (C=O) groups excluding carboxylic acids is 2. The van der Waals surface area contributed by atoms with Gasteiger partial charge in [0.1, 0.15) is 5.76 Å². The normalized spacial score (nSPS) is 14.7. The van der Waals surface area contributed by atoms with E-state index in [2.05, 4.69) is 15.8 Å². The minimum absolute atomic E-state index is 0.0854. The summed E-state index contributed by atoms with van der Waals surface area (Å²) in [5, 5.41) is 9.76. The van der Waals surface area contributed by atoms with Crippen LogP contribution in [-0.2, 0) is 11.2 Å². The average molecular weight is 355 g/mol. The molecule has 1 heterocycles. The highest BCUT2D eigenvalue weighted by atomic mass is 16.5. The molecule has 1 aliphatic rings. The predicted molar refractivity (Wildman–Crippen MR) is 97.9 cm³/mol. The fourth-order valence-corrected chi connectivity index (χ4v) is 2.75. The van der Waals surface area contributed by atoms with Gasteiger partial charge in [0.15, 0.2) is 0 Å². The molecule has 1 aromatic heterocycles. The van der Waals surface area contributed by atoms with E-state index >= 15 is 0 Å². The highest BCUT2D eigenvalue weighted by Crippen LogP contribution is 2.40. The largest absolute Gasteiger partial charge is 0.361 e. The quantitative estimate of drug-likeness (QED) is 0.762. The van der Waals surface area contributed by atoms with Crippen LogP contribution in [-0.4, -0.2) is 30.1 Å². The van der Waals surface area contributed by atoms with Crippen molar-refractivity contribution < 1.29 is 14.1 Å². The number of amides is 2. The molecule has 1 aromatic carbocycles. The molecule has 0 bridgehead atoms. The van der Waals surface area contributed by atoms with Crippen molar-refractivity contribution >= 4 is 11.8 Å². The van der Waals surface area contributed by atoms with Crippen molar-refractivity contribution in [3.8, 4) is 0 Å². The lowest BCUT2D eigenvalue weighted by Gasteiger charge is -2.14. The number of hydrogen-bond acceptors (Lipinski definition) is 4. The molecule has 1 unspecified atom stereocenters. The summed E-state index contributed by atoms with van der Waals surface area (Å²) in [4.78, 5) is 24.2. The Morgan fingerprint density at radius 3 is 2.69 bits per heavy atom. The van der Waals surface area contributed by atoms with E-state index in [1.54, 1.807) is 0 Å².